The number of hydrogen-bond donors (Lipinski definition) is 0. The number of benzene rings is 1. The molecule has 0 saturated heterocycles. The van der Waals surface area contributed by atoms with Crippen molar-refractivity contribution in [2.75, 3.05) is 13.6 Å². The first-order valence-electron chi connectivity index (χ1n) is 8.29. The summed E-state index contributed by atoms with van der Waals surface area (Å²) >= 11 is 0. The van der Waals surface area contributed by atoms with Gasteiger partial charge in [0, 0.05) is 50.4 Å². The maximum atomic E-state index is 12.8. The summed E-state index contributed by atoms with van der Waals surface area (Å²) in [6.07, 6.45) is 7.05. The van der Waals surface area contributed by atoms with Crippen LogP contribution in [0.25, 0.3) is 11.1 Å². The SMILES string of the molecule is C[C@@H](CN(C)C(=O)c1cncc(-c2cnn(C)c2)c1)c1ccccc1. The van der Waals surface area contributed by atoms with Gasteiger partial charge in [-0.15, -0.1) is 0 Å². The first-order valence-corrected chi connectivity index (χ1v) is 8.29. The van der Waals surface area contributed by atoms with Crippen molar-refractivity contribution in [3.8, 4) is 11.1 Å². The van der Waals surface area contributed by atoms with Crippen LogP contribution in [0.4, 0.5) is 0 Å². The van der Waals surface area contributed by atoms with E-state index in [1.54, 1.807) is 28.2 Å². The molecule has 0 aliphatic heterocycles. The van der Waals surface area contributed by atoms with E-state index in [1.807, 2.05) is 44.6 Å². The lowest BCUT2D eigenvalue weighted by Gasteiger charge is -2.22. The molecule has 5 nitrogen and oxygen atoms in total. The number of likely N-dealkylation sites (N-methyl/N-ethyl adjacent to an activating group) is 1. The fourth-order valence-electron chi connectivity index (χ4n) is 2.89. The van der Waals surface area contributed by atoms with Gasteiger partial charge in [-0.25, -0.2) is 0 Å². The smallest absolute Gasteiger partial charge is 0.255 e. The van der Waals surface area contributed by atoms with Crippen LogP contribution in [0.1, 0.15) is 28.8 Å². The van der Waals surface area contributed by atoms with Gasteiger partial charge in [-0.05, 0) is 17.5 Å². The van der Waals surface area contributed by atoms with Crippen LogP contribution in [-0.2, 0) is 7.05 Å². The Labute approximate surface area is 147 Å². The van der Waals surface area contributed by atoms with E-state index in [0.29, 0.717) is 12.1 Å². The highest BCUT2D eigenvalue weighted by Gasteiger charge is 2.16. The van der Waals surface area contributed by atoms with Gasteiger partial charge in [-0.2, -0.15) is 5.10 Å². The van der Waals surface area contributed by atoms with Crippen LogP contribution in [0.15, 0.2) is 61.2 Å². The van der Waals surface area contributed by atoms with E-state index in [0.717, 1.165) is 11.1 Å². The number of amides is 1. The molecule has 0 aliphatic carbocycles. The third-order valence-corrected chi connectivity index (χ3v) is 4.29. The monoisotopic (exact) mass is 334 g/mol. The highest BCUT2D eigenvalue weighted by Crippen LogP contribution is 2.20. The molecule has 1 atom stereocenters. The molecule has 0 aliphatic rings. The summed E-state index contributed by atoms with van der Waals surface area (Å²) in [5.74, 6) is 0.241. The Morgan fingerprint density at radius 1 is 1.16 bits per heavy atom. The fourth-order valence-corrected chi connectivity index (χ4v) is 2.89. The van der Waals surface area contributed by atoms with Gasteiger partial charge in [0.2, 0.25) is 0 Å². The molecule has 0 radical (unpaired) electrons. The van der Waals surface area contributed by atoms with Crippen LogP contribution in [0.5, 0.6) is 0 Å². The first kappa shape index (κ1) is 16.9. The zero-order valence-corrected chi connectivity index (χ0v) is 14.8. The average molecular weight is 334 g/mol. The van der Waals surface area contributed by atoms with E-state index in [1.165, 1.54) is 5.56 Å². The summed E-state index contributed by atoms with van der Waals surface area (Å²) in [5.41, 5.74) is 3.65. The minimum Gasteiger partial charge on any atom is -0.341 e. The van der Waals surface area contributed by atoms with Gasteiger partial charge >= 0.3 is 0 Å². The maximum absolute atomic E-state index is 12.8. The summed E-state index contributed by atoms with van der Waals surface area (Å²) in [7, 11) is 3.70. The second-order valence-electron chi connectivity index (χ2n) is 6.36. The van der Waals surface area contributed by atoms with Crippen molar-refractivity contribution in [1.82, 2.24) is 19.7 Å². The van der Waals surface area contributed by atoms with Crippen molar-refractivity contribution in [1.29, 1.82) is 0 Å². The Morgan fingerprint density at radius 3 is 2.60 bits per heavy atom. The number of aryl methyl sites for hydroxylation is 1. The Kier molecular flexibility index (Phi) is 4.93. The number of hydrogen-bond acceptors (Lipinski definition) is 3. The van der Waals surface area contributed by atoms with E-state index in [4.69, 9.17) is 0 Å². The van der Waals surface area contributed by atoms with Crippen LogP contribution in [0, 0.1) is 0 Å². The zero-order valence-electron chi connectivity index (χ0n) is 14.8. The van der Waals surface area contributed by atoms with Crippen LogP contribution < -0.4 is 0 Å². The number of nitrogens with zero attached hydrogens (tertiary/aromatic N) is 4. The van der Waals surface area contributed by atoms with Crippen molar-refractivity contribution >= 4 is 5.91 Å². The summed E-state index contributed by atoms with van der Waals surface area (Å²) in [6.45, 7) is 2.78. The van der Waals surface area contributed by atoms with Crippen LogP contribution in [0.2, 0.25) is 0 Å². The van der Waals surface area contributed by atoms with Crippen molar-refractivity contribution in [2.24, 2.45) is 7.05 Å². The lowest BCUT2D eigenvalue weighted by atomic mass is 10.0. The highest BCUT2D eigenvalue weighted by atomic mass is 16.2. The quantitative estimate of drug-likeness (QED) is 0.719. The van der Waals surface area contributed by atoms with Gasteiger partial charge in [0.05, 0.1) is 11.8 Å². The van der Waals surface area contributed by atoms with Gasteiger partial charge in [0.25, 0.3) is 5.91 Å². The molecule has 0 bridgehead atoms. The largest absolute Gasteiger partial charge is 0.341 e. The third kappa shape index (κ3) is 3.94. The maximum Gasteiger partial charge on any atom is 0.255 e. The van der Waals surface area contributed by atoms with Crippen LogP contribution >= 0.6 is 0 Å². The molecule has 1 amide bonds. The average Bonchev–Trinajstić information content (AvgIpc) is 3.08. The van der Waals surface area contributed by atoms with E-state index in [9.17, 15) is 4.79 Å². The van der Waals surface area contributed by atoms with E-state index >= 15 is 0 Å². The molecule has 128 valence electrons. The second-order valence-corrected chi connectivity index (χ2v) is 6.36. The highest BCUT2D eigenvalue weighted by molar-refractivity contribution is 5.94. The Bertz CT molecular complexity index is 857. The van der Waals surface area contributed by atoms with Gasteiger partial charge in [-0.3, -0.25) is 14.5 Å². The third-order valence-electron chi connectivity index (χ3n) is 4.29. The van der Waals surface area contributed by atoms with Crippen molar-refractivity contribution in [2.45, 2.75) is 12.8 Å². The summed E-state index contributed by atoms with van der Waals surface area (Å²) in [4.78, 5) is 18.7. The minimum atomic E-state index is -0.0268. The number of rotatable bonds is 5. The molecule has 0 saturated carbocycles. The van der Waals surface area contributed by atoms with Gasteiger partial charge < -0.3 is 4.90 Å². The molecular weight excluding hydrogens is 312 g/mol. The predicted molar refractivity (Wildman–Crippen MR) is 98.3 cm³/mol. The number of aromatic nitrogens is 3. The zero-order chi connectivity index (χ0) is 17.8. The Balaban J connectivity index is 1.74. The number of carbonyl (C=O) groups is 1. The van der Waals surface area contributed by atoms with Crippen molar-refractivity contribution < 1.29 is 4.79 Å². The normalized spacial score (nSPS) is 12.0. The van der Waals surface area contributed by atoms with Crippen molar-refractivity contribution in [3.63, 3.8) is 0 Å². The lowest BCUT2D eigenvalue weighted by molar-refractivity contribution is 0.0788. The first-order chi connectivity index (χ1) is 12.0. The fraction of sp³-hybridized carbons (Fsp3) is 0.250. The number of pyridine rings is 1. The topological polar surface area (TPSA) is 51.0 Å². The molecular formula is C20H22N4O. The van der Waals surface area contributed by atoms with Gasteiger partial charge in [0.15, 0.2) is 0 Å². The molecule has 0 fully saturated rings. The molecule has 0 spiro atoms. The van der Waals surface area contributed by atoms with E-state index < -0.39 is 0 Å². The summed E-state index contributed by atoms with van der Waals surface area (Å²) < 4.78 is 1.73. The Morgan fingerprint density at radius 2 is 1.92 bits per heavy atom. The van der Waals surface area contributed by atoms with Crippen LogP contribution in [0.3, 0.4) is 0 Å². The summed E-state index contributed by atoms with van der Waals surface area (Å²) in [6, 6.07) is 12.1. The molecule has 0 N–H and O–H groups in total. The lowest BCUT2D eigenvalue weighted by Crippen LogP contribution is -2.30. The molecule has 3 aromatic rings. The molecule has 1 aromatic carbocycles. The predicted octanol–water partition coefficient (Wildman–Crippen LogP) is 3.36. The Hall–Kier alpha value is -2.95. The standard InChI is InChI=1S/C20H22N4O/c1-15(16-7-5-4-6-8-16)13-23(2)20(25)18-9-17(10-21-11-18)19-12-22-24(3)14-19/h4-12,14-15H,13H2,1-3H3/t15-/m0/s1. The summed E-state index contributed by atoms with van der Waals surface area (Å²) in [5, 5.41) is 4.17. The van der Waals surface area contributed by atoms with Crippen LogP contribution in [-0.4, -0.2) is 39.2 Å². The van der Waals surface area contributed by atoms with E-state index in [2.05, 4.69) is 29.1 Å². The molecule has 2 aromatic heterocycles. The molecule has 5 heteroatoms. The molecule has 25 heavy (non-hydrogen) atoms. The minimum absolute atomic E-state index is 0.0268. The molecule has 2 heterocycles. The number of carbonyl (C=O) groups excluding carboxylic acids is 1. The second kappa shape index (κ2) is 7.30. The molecule has 3 rings (SSSR count). The van der Waals surface area contributed by atoms with E-state index in [-0.39, 0.29) is 11.8 Å². The van der Waals surface area contributed by atoms with Crippen molar-refractivity contribution in [3.05, 3.63) is 72.3 Å². The van der Waals surface area contributed by atoms with Gasteiger partial charge in [0.1, 0.15) is 0 Å². The molecule has 0 unspecified atom stereocenters. The van der Waals surface area contributed by atoms with Gasteiger partial charge in [-0.1, -0.05) is 37.3 Å².